The molecule has 1 aliphatic heterocycles. The van der Waals surface area contributed by atoms with Crippen molar-refractivity contribution in [2.24, 2.45) is 0 Å². The highest BCUT2D eigenvalue weighted by molar-refractivity contribution is 9.10. The average Bonchev–Trinajstić information content (AvgIpc) is 2.83. The summed E-state index contributed by atoms with van der Waals surface area (Å²) in [5.41, 5.74) is 0. The predicted molar refractivity (Wildman–Crippen MR) is 49.9 cm³/mol. The van der Waals surface area contributed by atoms with E-state index in [9.17, 15) is 0 Å². The zero-order chi connectivity index (χ0) is 8.55. The number of halogens is 1. The molecule has 0 fully saturated rings. The second-order valence-corrected chi connectivity index (χ2v) is 3.20. The van der Waals surface area contributed by atoms with Gasteiger partial charge in [0.05, 0.1) is 0 Å². The minimum atomic E-state index is 0.511. The predicted octanol–water partition coefficient (Wildman–Crippen LogP) is 3.12. The molecule has 1 aromatic carbocycles. The molecule has 62 valence electrons. The minimum Gasteiger partial charge on any atom is -0.488 e. The third-order valence-corrected chi connectivity index (χ3v) is 2.30. The number of fused-ring (bicyclic) bond motifs is 1. The molecule has 0 aromatic heterocycles. The van der Waals surface area contributed by atoms with Crippen LogP contribution in [0.5, 0.6) is 17.2 Å². The van der Waals surface area contributed by atoms with E-state index in [1.165, 1.54) is 0 Å². The van der Waals surface area contributed by atoms with Crippen molar-refractivity contribution in [3.05, 3.63) is 29.3 Å². The summed E-state index contributed by atoms with van der Waals surface area (Å²) in [6.45, 7) is 4.08. The summed E-state index contributed by atoms with van der Waals surface area (Å²) in [5, 5.41) is 0. The summed E-state index contributed by atoms with van der Waals surface area (Å²) in [6.07, 6.45) is 1.71. The number of ether oxygens (including phenoxy) is 2. The summed E-state index contributed by atoms with van der Waals surface area (Å²) in [6, 6.07) is 3.76. The van der Waals surface area contributed by atoms with Crippen LogP contribution < -0.4 is 9.47 Å². The first kappa shape index (κ1) is 7.68. The van der Waals surface area contributed by atoms with E-state index in [0.717, 1.165) is 21.7 Å². The van der Waals surface area contributed by atoms with Crippen molar-refractivity contribution >= 4 is 15.9 Å². The van der Waals surface area contributed by atoms with E-state index in [-0.39, 0.29) is 0 Å². The van der Waals surface area contributed by atoms with Crippen molar-refractivity contribution < 1.29 is 9.47 Å². The maximum Gasteiger partial charge on any atom is 0.188 e. The van der Waals surface area contributed by atoms with Gasteiger partial charge in [0.2, 0.25) is 0 Å². The topological polar surface area (TPSA) is 21.8 Å². The van der Waals surface area contributed by atoms with Gasteiger partial charge in [0, 0.05) is 0 Å². The van der Waals surface area contributed by atoms with E-state index in [0.29, 0.717) is 6.61 Å². The van der Waals surface area contributed by atoms with Crippen molar-refractivity contribution in [2.75, 3.05) is 6.61 Å². The zero-order valence-electron chi connectivity index (χ0n) is 6.34. The molecule has 0 bridgehead atoms. The largest absolute Gasteiger partial charge is 0.488 e. The maximum absolute atomic E-state index is 5.36. The first-order chi connectivity index (χ1) is 5.83. The van der Waals surface area contributed by atoms with Gasteiger partial charge in [-0.1, -0.05) is 12.7 Å². The molecule has 0 saturated heterocycles. The Morgan fingerprint density at radius 2 is 2.42 bits per heavy atom. The summed E-state index contributed by atoms with van der Waals surface area (Å²) >= 11 is 3.38. The fraction of sp³-hybridized carbons (Fsp3) is 0.111. The fourth-order valence-corrected chi connectivity index (χ4v) is 1.47. The lowest BCUT2D eigenvalue weighted by Gasteiger charge is -2.01. The normalized spacial score (nSPS) is 11.4. The quantitative estimate of drug-likeness (QED) is 0.593. The van der Waals surface area contributed by atoms with Crippen molar-refractivity contribution in [1.29, 1.82) is 0 Å². The molecule has 1 aromatic rings. The molecule has 0 radical (unpaired) electrons. The van der Waals surface area contributed by atoms with Crippen LogP contribution in [0.4, 0.5) is 0 Å². The molecule has 1 aliphatic rings. The van der Waals surface area contributed by atoms with E-state index < -0.39 is 0 Å². The second kappa shape index (κ2) is 2.83. The van der Waals surface area contributed by atoms with Gasteiger partial charge < -0.3 is 9.47 Å². The number of rotatable bonds is 3. The Bertz CT molecular complexity index is 334. The molecule has 2 rings (SSSR count). The van der Waals surface area contributed by atoms with Gasteiger partial charge in [-0.15, -0.1) is 0 Å². The summed E-state index contributed by atoms with van der Waals surface area (Å²) in [5.74, 6) is 2.61. The Morgan fingerprint density at radius 1 is 1.58 bits per heavy atom. The monoisotopic (exact) mass is 226 g/mol. The Kier molecular flexibility index (Phi) is 1.81. The molecule has 0 spiro atoms. The van der Waals surface area contributed by atoms with Crippen molar-refractivity contribution in [1.82, 2.24) is 0 Å². The van der Waals surface area contributed by atoms with Gasteiger partial charge >= 0.3 is 0 Å². The van der Waals surface area contributed by atoms with Gasteiger partial charge in [-0.2, -0.15) is 0 Å². The van der Waals surface area contributed by atoms with E-state index in [1.54, 1.807) is 6.08 Å². The highest BCUT2D eigenvalue weighted by Crippen LogP contribution is 2.54. The van der Waals surface area contributed by atoms with Crippen LogP contribution in [-0.2, 0) is 0 Å². The third-order valence-electron chi connectivity index (χ3n) is 1.55. The smallest absolute Gasteiger partial charge is 0.188 e. The summed E-state index contributed by atoms with van der Waals surface area (Å²) in [4.78, 5) is 0. The molecule has 0 N–H and O–H groups in total. The average molecular weight is 227 g/mol. The first-order valence-electron chi connectivity index (χ1n) is 3.57. The van der Waals surface area contributed by atoms with Crippen molar-refractivity contribution in [3.63, 3.8) is 0 Å². The Labute approximate surface area is 78.9 Å². The molecule has 0 atom stereocenters. The number of hydrogen-bond donors (Lipinski definition) is 0. The van der Waals surface area contributed by atoms with E-state index >= 15 is 0 Å². The molecular weight excluding hydrogens is 220 g/mol. The lowest BCUT2D eigenvalue weighted by atomic mass is 10.3. The second-order valence-electron chi connectivity index (χ2n) is 2.41. The third kappa shape index (κ3) is 1.20. The number of hydrogen-bond acceptors (Lipinski definition) is 2. The maximum atomic E-state index is 5.36. The highest BCUT2D eigenvalue weighted by Gasteiger charge is 2.25. The van der Waals surface area contributed by atoms with Crippen LogP contribution in [0.3, 0.4) is 0 Å². The van der Waals surface area contributed by atoms with Crippen LogP contribution in [0, 0.1) is 0 Å². The van der Waals surface area contributed by atoms with E-state index in [4.69, 9.17) is 9.47 Å². The highest BCUT2D eigenvalue weighted by atomic mass is 79.9. The van der Waals surface area contributed by atoms with Crippen LogP contribution in [0.2, 0.25) is 0 Å². The molecule has 0 amide bonds. The van der Waals surface area contributed by atoms with Crippen LogP contribution >= 0.6 is 15.9 Å². The Morgan fingerprint density at radius 3 is 3.17 bits per heavy atom. The molecule has 2 nitrogen and oxygen atoms in total. The number of benzene rings is 1. The van der Waals surface area contributed by atoms with Gasteiger partial charge in [0.15, 0.2) is 11.5 Å². The SMILES string of the molecule is C=CCOc1ccc2c(c1Br)O2. The van der Waals surface area contributed by atoms with Gasteiger partial charge in [-0.25, -0.2) is 0 Å². The van der Waals surface area contributed by atoms with Gasteiger partial charge in [0.25, 0.3) is 0 Å². The van der Waals surface area contributed by atoms with Crippen LogP contribution in [0.1, 0.15) is 0 Å². The zero-order valence-corrected chi connectivity index (χ0v) is 7.93. The molecule has 0 aliphatic carbocycles. The van der Waals surface area contributed by atoms with Crippen LogP contribution in [0.25, 0.3) is 0 Å². The fourth-order valence-electron chi connectivity index (χ4n) is 0.944. The van der Waals surface area contributed by atoms with Crippen molar-refractivity contribution in [2.45, 2.75) is 0 Å². The molecular formula is C9H7BrO2. The van der Waals surface area contributed by atoms with Gasteiger partial charge in [-0.05, 0) is 28.1 Å². The van der Waals surface area contributed by atoms with Crippen molar-refractivity contribution in [3.8, 4) is 17.2 Å². The molecule has 0 unspecified atom stereocenters. The summed E-state index contributed by atoms with van der Waals surface area (Å²) in [7, 11) is 0. The standard InChI is InChI=1S/C9H7BrO2/c1-2-5-11-6-3-4-7-9(12-7)8(6)10/h2-4H,1,5H2. The van der Waals surface area contributed by atoms with Crippen LogP contribution in [0.15, 0.2) is 29.3 Å². The van der Waals surface area contributed by atoms with E-state index in [1.807, 2.05) is 12.1 Å². The first-order valence-corrected chi connectivity index (χ1v) is 4.36. The van der Waals surface area contributed by atoms with E-state index in [2.05, 4.69) is 22.5 Å². The molecule has 3 heteroatoms. The summed E-state index contributed by atoms with van der Waals surface area (Å²) < 4.78 is 11.4. The Hall–Kier alpha value is -0.960. The van der Waals surface area contributed by atoms with Gasteiger partial charge in [-0.3, -0.25) is 0 Å². The lowest BCUT2D eigenvalue weighted by Crippen LogP contribution is -1.91. The molecule has 0 saturated carbocycles. The lowest BCUT2D eigenvalue weighted by molar-refractivity contribution is 0.361. The minimum absolute atomic E-state index is 0.511. The molecule has 12 heavy (non-hydrogen) atoms. The van der Waals surface area contributed by atoms with Gasteiger partial charge in [0.1, 0.15) is 16.8 Å². The Balaban J connectivity index is 2.22. The molecule has 1 heterocycles. The van der Waals surface area contributed by atoms with Crippen LogP contribution in [-0.4, -0.2) is 6.61 Å².